The van der Waals surface area contributed by atoms with Crippen LogP contribution in [0.1, 0.15) is 68.7 Å². The molecule has 1 N–H and O–H groups in total. The van der Waals surface area contributed by atoms with E-state index in [1.165, 1.54) is 7.11 Å². The summed E-state index contributed by atoms with van der Waals surface area (Å²) in [6.45, 7) is 20.5. The standard InChI is InChI=1S/C21H41NO7Si/c1-19(2,3)27-15(23)13-14(29-30(11,12)21(7,8)9)16(17(24)26-10)22-18(25)28-20(4,5)6/h14,16H,13H2,1-12H3,(H,22,25)/t14-,16+/m1/s1. The molecule has 0 rings (SSSR count). The van der Waals surface area contributed by atoms with E-state index in [1.54, 1.807) is 41.5 Å². The molecule has 0 aliphatic carbocycles. The van der Waals surface area contributed by atoms with E-state index in [0.717, 1.165) is 0 Å². The van der Waals surface area contributed by atoms with Crippen LogP contribution in [0.2, 0.25) is 18.1 Å². The summed E-state index contributed by atoms with van der Waals surface area (Å²) in [4.78, 5) is 37.5. The Hall–Kier alpha value is -1.61. The number of nitrogens with one attached hydrogen (secondary N) is 1. The Bertz CT molecular complexity index is 612. The number of hydrogen-bond donors (Lipinski definition) is 1. The first kappa shape index (κ1) is 28.4. The van der Waals surface area contributed by atoms with Crippen molar-refractivity contribution < 1.29 is 33.0 Å². The van der Waals surface area contributed by atoms with Crippen LogP contribution in [-0.4, -0.2) is 56.8 Å². The van der Waals surface area contributed by atoms with E-state index in [4.69, 9.17) is 18.6 Å². The van der Waals surface area contributed by atoms with Crippen LogP contribution >= 0.6 is 0 Å². The molecule has 0 aliphatic rings. The monoisotopic (exact) mass is 447 g/mol. The normalized spacial score (nSPS) is 15.1. The summed E-state index contributed by atoms with van der Waals surface area (Å²) < 4.78 is 21.9. The molecule has 0 fully saturated rings. The third-order valence-electron chi connectivity index (χ3n) is 4.54. The Balaban J connectivity index is 5.92. The highest BCUT2D eigenvalue weighted by Gasteiger charge is 2.44. The van der Waals surface area contributed by atoms with Crippen molar-refractivity contribution in [3.63, 3.8) is 0 Å². The lowest BCUT2D eigenvalue weighted by atomic mass is 10.1. The maximum Gasteiger partial charge on any atom is 0.408 e. The Kier molecular flexibility index (Phi) is 9.59. The van der Waals surface area contributed by atoms with Crippen molar-refractivity contribution >= 4 is 26.3 Å². The van der Waals surface area contributed by atoms with E-state index in [1.807, 2.05) is 33.9 Å². The highest BCUT2D eigenvalue weighted by molar-refractivity contribution is 6.74. The van der Waals surface area contributed by atoms with Gasteiger partial charge in [0, 0.05) is 0 Å². The van der Waals surface area contributed by atoms with Gasteiger partial charge >= 0.3 is 18.0 Å². The van der Waals surface area contributed by atoms with Gasteiger partial charge in [0.2, 0.25) is 0 Å². The summed E-state index contributed by atoms with van der Waals surface area (Å²) in [6, 6.07) is -1.23. The molecule has 0 aromatic carbocycles. The Morgan fingerprint density at radius 1 is 0.867 bits per heavy atom. The molecule has 0 spiro atoms. The molecule has 0 heterocycles. The van der Waals surface area contributed by atoms with Crippen molar-refractivity contribution in [2.75, 3.05) is 7.11 Å². The minimum atomic E-state index is -2.42. The van der Waals surface area contributed by atoms with E-state index in [-0.39, 0.29) is 11.5 Å². The average Bonchev–Trinajstić information content (AvgIpc) is 2.46. The first-order valence-electron chi connectivity index (χ1n) is 10.2. The maximum absolute atomic E-state index is 12.6. The molecular formula is C21H41NO7Si. The van der Waals surface area contributed by atoms with Gasteiger partial charge in [0.15, 0.2) is 14.4 Å². The fourth-order valence-electron chi connectivity index (χ4n) is 2.20. The van der Waals surface area contributed by atoms with E-state index in [9.17, 15) is 14.4 Å². The van der Waals surface area contributed by atoms with Gasteiger partial charge in [-0.25, -0.2) is 9.59 Å². The van der Waals surface area contributed by atoms with Gasteiger partial charge in [0.05, 0.1) is 19.6 Å². The van der Waals surface area contributed by atoms with Gasteiger partial charge in [0.25, 0.3) is 0 Å². The largest absolute Gasteiger partial charge is 0.467 e. The second-order valence-electron chi connectivity index (χ2n) is 10.9. The summed E-state index contributed by atoms with van der Waals surface area (Å²) in [5.41, 5.74) is -1.45. The van der Waals surface area contributed by atoms with Crippen LogP contribution in [0.3, 0.4) is 0 Å². The lowest BCUT2D eigenvalue weighted by Crippen LogP contribution is -2.56. The summed E-state index contributed by atoms with van der Waals surface area (Å²) in [5.74, 6) is -1.26. The zero-order valence-electron chi connectivity index (χ0n) is 20.7. The third-order valence-corrected chi connectivity index (χ3v) is 9.04. The number of hydrogen-bond acceptors (Lipinski definition) is 7. The van der Waals surface area contributed by atoms with Crippen LogP contribution in [-0.2, 0) is 28.2 Å². The number of alkyl carbamates (subject to hydrolysis) is 1. The highest BCUT2D eigenvalue weighted by Crippen LogP contribution is 2.38. The first-order chi connectivity index (χ1) is 13.2. The van der Waals surface area contributed by atoms with E-state index < -0.39 is 49.7 Å². The third kappa shape index (κ3) is 10.4. The number of amides is 1. The predicted octanol–water partition coefficient (Wildman–Crippen LogP) is 4.17. The van der Waals surface area contributed by atoms with E-state index in [2.05, 4.69) is 5.32 Å². The van der Waals surface area contributed by atoms with Gasteiger partial charge in [-0.15, -0.1) is 0 Å². The molecule has 0 unspecified atom stereocenters. The number of carbonyl (C=O) groups excluding carboxylic acids is 3. The van der Waals surface area contributed by atoms with E-state index in [0.29, 0.717) is 0 Å². The Morgan fingerprint density at radius 3 is 1.70 bits per heavy atom. The molecule has 8 nitrogen and oxygen atoms in total. The lowest BCUT2D eigenvalue weighted by molar-refractivity contribution is -0.158. The molecule has 176 valence electrons. The van der Waals surface area contributed by atoms with Crippen molar-refractivity contribution in [2.24, 2.45) is 0 Å². The van der Waals surface area contributed by atoms with Gasteiger partial charge in [-0.1, -0.05) is 20.8 Å². The van der Waals surface area contributed by atoms with Crippen LogP contribution < -0.4 is 5.32 Å². The maximum atomic E-state index is 12.6. The number of methoxy groups -OCH3 is 1. The quantitative estimate of drug-likeness (QED) is 0.355. The van der Waals surface area contributed by atoms with Crippen LogP contribution in [0.4, 0.5) is 4.79 Å². The number of rotatable bonds is 7. The number of carbonyl (C=O) groups is 3. The Labute approximate surface area is 182 Å². The zero-order valence-corrected chi connectivity index (χ0v) is 21.7. The molecule has 1 amide bonds. The average molecular weight is 448 g/mol. The van der Waals surface area contributed by atoms with Gasteiger partial charge in [0.1, 0.15) is 11.2 Å². The summed E-state index contributed by atoms with van der Waals surface area (Å²) in [7, 11) is -1.21. The Morgan fingerprint density at radius 2 is 1.33 bits per heavy atom. The minimum absolute atomic E-state index is 0.189. The van der Waals surface area contributed by atoms with Crippen molar-refractivity contribution in [3.8, 4) is 0 Å². The van der Waals surface area contributed by atoms with Gasteiger partial charge < -0.3 is 24.0 Å². The molecule has 0 saturated carbocycles. The highest BCUT2D eigenvalue weighted by atomic mass is 28.4. The second kappa shape index (κ2) is 10.1. The number of ether oxygens (including phenoxy) is 3. The molecule has 0 aromatic heterocycles. The topological polar surface area (TPSA) is 100 Å². The minimum Gasteiger partial charge on any atom is -0.467 e. The molecule has 0 aromatic rings. The molecule has 0 radical (unpaired) electrons. The molecule has 0 saturated heterocycles. The van der Waals surface area contributed by atoms with Crippen LogP contribution in [0.15, 0.2) is 0 Å². The van der Waals surface area contributed by atoms with Gasteiger partial charge in [-0.2, -0.15) is 0 Å². The molecule has 0 aliphatic heterocycles. The molecule has 2 atom stereocenters. The van der Waals surface area contributed by atoms with Crippen molar-refractivity contribution in [3.05, 3.63) is 0 Å². The SMILES string of the molecule is COC(=O)[C@@H](NC(=O)OC(C)(C)C)[C@@H](CC(=O)OC(C)(C)C)O[Si](C)(C)C(C)(C)C. The van der Waals surface area contributed by atoms with Gasteiger partial charge in [-0.3, -0.25) is 4.79 Å². The smallest absolute Gasteiger partial charge is 0.408 e. The summed E-state index contributed by atoms with van der Waals surface area (Å²) in [6.07, 6.45) is -1.99. The molecule has 0 bridgehead atoms. The molecular weight excluding hydrogens is 406 g/mol. The zero-order chi connectivity index (χ0) is 24.1. The molecule has 9 heteroatoms. The predicted molar refractivity (Wildman–Crippen MR) is 118 cm³/mol. The summed E-state index contributed by atoms with van der Waals surface area (Å²) in [5, 5.41) is 2.33. The van der Waals surface area contributed by atoms with Crippen molar-refractivity contribution in [1.82, 2.24) is 5.32 Å². The van der Waals surface area contributed by atoms with Crippen LogP contribution in [0.5, 0.6) is 0 Å². The fraction of sp³-hybridized carbons (Fsp3) is 0.857. The first-order valence-corrected chi connectivity index (χ1v) is 13.1. The fourth-order valence-corrected chi connectivity index (χ4v) is 3.53. The summed E-state index contributed by atoms with van der Waals surface area (Å²) >= 11 is 0. The van der Waals surface area contributed by atoms with Crippen LogP contribution in [0, 0.1) is 0 Å². The van der Waals surface area contributed by atoms with Gasteiger partial charge in [-0.05, 0) is 59.7 Å². The van der Waals surface area contributed by atoms with E-state index >= 15 is 0 Å². The van der Waals surface area contributed by atoms with Crippen molar-refractivity contribution in [2.45, 2.75) is 110 Å². The second-order valence-corrected chi connectivity index (χ2v) is 15.6. The lowest BCUT2D eigenvalue weighted by Gasteiger charge is -2.40. The van der Waals surface area contributed by atoms with Crippen molar-refractivity contribution in [1.29, 1.82) is 0 Å². The van der Waals surface area contributed by atoms with Crippen LogP contribution in [0.25, 0.3) is 0 Å². The number of esters is 2. The molecule has 30 heavy (non-hydrogen) atoms.